The van der Waals surface area contributed by atoms with E-state index < -0.39 is 22.7 Å². The van der Waals surface area contributed by atoms with Gasteiger partial charge in [-0.15, -0.1) is 0 Å². The van der Waals surface area contributed by atoms with Gasteiger partial charge in [-0.1, -0.05) is 45.0 Å². The number of amides is 1. The molecule has 0 radical (unpaired) electrons. The third-order valence-corrected chi connectivity index (χ3v) is 5.98. The molecule has 1 aliphatic heterocycles. The third-order valence-electron chi connectivity index (χ3n) is 5.98. The Kier molecular flexibility index (Phi) is 7.75. The number of hydrogen-bond donors (Lipinski definition) is 1. The van der Waals surface area contributed by atoms with E-state index in [9.17, 15) is 24.8 Å². The van der Waals surface area contributed by atoms with E-state index in [0.29, 0.717) is 18.6 Å². The van der Waals surface area contributed by atoms with Crippen LogP contribution in [0.3, 0.4) is 0 Å². The van der Waals surface area contributed by atoms with Crippen LogP contribution in [0.25, 0.3) is 5.76 Å². The van der Waals surface area contributed by atoms with E-state index in [4.69, 9.17) is 4.74 Å². The van der Waals surface area contributed by atoms with Gasteiger partial charge in [-0.05, 0) is 48.9 Å². The molecule has 35 heavy (non-hydrogen) atoms. The lowest BCUT2D eigenvalue weighted by molar-refractivity contribution is -0.384. The molecule has 0 saturated carbocycles. The Morgan fingerprint density at radius 2 is 1.69 bits per heavy atom. The first-order valence-electron chi connectivity index (χ1n) is 11.7. The zero-order valence-electron chi connectivity index (χ0n) is 20.8. The number of rotatable bonds is 8. The molecule has 1 fully saturated rings. The molecule has 186 valence electrons. The standard InChI is InChI=1S/C27H32N2O6/c1-17(2)35-16-6-15-28-23(18-7-11-20(12-8-18)27(3,4)5)22(25(31)26(28)32)24(30)19-9-13-21(14-10-19)29(33)34/h7-14,17,23,30H,6,15-16H2,1-5H3/b24-22-. The Balaban J connectivity index is 2.05. The van der Waals surface area contributed by atoms with Gasteiger partial charge in [0.25, 0.3) is 17.4 Å². The smallest absolute Gasteiger partial charge is 0.295 e. The Morgan fingerprint density at radius 3 is 2.20 bits per heavy atom. The summed E-state index contributed by atoms with van der Waals surface area (Å²) >= 11 is 0. The Labute approximate surface area is 205 Å². The van der Waals surface area contributed by atoms with Crippen molar-refractivity contribution in [3.05, 3.63) is 80.9 Å². The lowest BCUT2D eigenvalue weighted by Crippen LogP contribution is -2.31. The molecule has 1 atom stereocenters. The van der Waals surface area contributed by atoms with Crippen molar-refractivity contribution >= 4 is 23.1 Å². The van der Waals surface area contributed by atoms with Crippen molar-refractivity contribution in [3.8, 4) is 0 Å². The number of ether oxygens (including phenoxy) is 1. The average Bonchev–Trinajstić information content (AvgIpc) is 3.05. The fourth-order valence-corrected chi connectivity index (χ4v) is 4.07. The van der Waals surface area contributed by atoms with Gasteiger partial charge in [-0.2, -0.15) is 0 Å². The predicted octanol–water partition coefficient (Wildman–Crippen LogP) is 5.13. The maximum Gasteiger partial charge on any atom is 0.295 e. The molecule has 1 N–H and O–H groups in total. The first-order chi connectivity index (χ1) is 16.4. The molecule has 8 nitrogen and oxygen atoms in total. The maximum absolute atomic E-state index is 13.1. The van der Waals surface area contributed by atoms with E-state index in [2.05, 4.69) is 20.8 Å². The molecule has 1 amide bonds. The number of nitro benzene ring substituents is 1. The highest BCUT2D eigenvalue weighted by Gasteiger charge is 2.45. The summed E-state index contributed by atoms with van der Waals surface area (Å²) in [6.45, 7) is 10.8. The van der Waals surface area contributed by atoms with Gasteiger partial charge < -0.3 is 14.7 Å². The molecular formula is C27H32N2O6. The van der Waals surface area contributed by atoms with Crippen molar-refractivity contribution in [1.29, 1.82) is 0 Å². The minimum Gasteiger partial charge on any atom is -0.507 e. The van der Waals surface area contributed by atoms with E-state index >= 15 is 0 Å². The molecule has 1 heterocycles. The van der Waals surface area contributed by atoms with Gasteiger partial charge in [-0.25, -0.2) is 0 Å². The second kappa shape index (κ2) is 10.4. The number of non-ortho nitro benzene ring substituents is 1. The summed E-state index contributed by atoms with van der Waals surface area (Å²) in [5.74, 6) is -1.83. The summed E-state index contributed by atoms with van der Waals surface area (Å²) in [7, 11) is 0. The number of carbonyl (C=O) groups excluding carboxylic acids is 2. The van der Waals surface area contributed by atoms with Crippen molar-refractivity contribution < 1.29 is 24.4 Å². The predicted molar refractivity (Wildman–Crippen MR) is 133 cm³/mol. The number of aliphatic hydroxyl groups excluding tert-OH is 1. The molecule has 8 heteroatoms. The van der Waals surface area contributed by atoms with Crippen LogP contribution in [0.4, 0.5) is 5.69 Å². The van der Waals surface area contributed by atoms with Gasteiger partial charge in [0.1, 0.15) is 5.76 Å². The monoisotopic (exact) mass is 480 g/mol. The van der Waals surface area contributed by atoms with Gasteiger partial charge in [-0.3, -0.25) is 19.7 Å². The topological polar surface area (TPSA) is 110 Å². The molecular weight excluding hydrogens is 448 g/mol. The summed E-state index contributed by atoms with van der Waals surface area (Å²) in [5, 5.41) is 22.1. The number of Topliss-reactive ketones (excluding diaryl/α,β-unsaturated/α-hetero) is 1. The number of ketones is 1. The van der Waals surface area contributed by atoms with E-state index in [1.54, 1.807) is 0 Å². The minimum absolute atomic E-state index is 0.0304. The molecule has 0 bridgehead atoms. The number of nitrogens with zero attached hydrogens (tertiary/aromatic N) is 2. The summed E-state index contributed by atoms with van der Waals surface area (Å²) in [4.78, 5) is 38.1. The van der Waals surface area contributed by atoms with Crippen LogP contribution in [0.5, 0.6) is 0 Å². The molecule has 3 rings (SSSR count). The summed E-state index contributed by atoms with van der Waals surface area (Å²) < 4.78 is 5.59. The number of carbonyl (C=O) groups is 2. The second-order valence-electron chi connectivity index (χ2n) is 9.94. The highest BCUT2D eigenvalue weighted by molar-refractivity contribution is 6.46. The molecule has 2 aromatic rings. The summed E-state index contributed by atoms with van der Waals surface area (Å²) in [5.41, 5.74) is 1.78. The highest BCUT2D eigenvalue weighted by atomic mass is 16.6. The zero-order chi connectivity index (χ0) is 25.9. The number of aliphatic hydroxyl groups is 1. The van der Waals surface area contributed by atoms with Gasteiger partial charge >= 0.3 is 0 Å². The van der Waals surface area contributed by atoms with Crippen molar-refractivity contribution in [2.75, 3.05) is 13.2 Å². The maximum atomic E-state index is 13.1. The van der Waals surface area contributed by atoms with Gasteiger partial charge in [0.15, 0.2) is 0 Å². The van der Waals surface area contributed by atoms with Crippen molar-refractivity contribution in [2.45, 2.75) is 58.6 Å². The van der Waals surface area contributed by atoms with Crippen LogP contribution in [0.15, 0.2) is 54.1 Å². The van der Waals surface area contributed by atoms with Crippen LogP contribution in [0.2, 0.25) is 0 Å². The SMILES string of the molecule is CC(C)OCCCN1C(=O)C(=O)/C(=C(\O)c2ccc([N+](=O)[O-])cc2)C1c1ccc(C(C)(C)C)cc1. The Hall–Kier alpha value is -3.52. The molecule has 0 spiro atoms. The number of hydrogen-bond acceptors (Lipinski definition) is 6. The van der Waals surface area contributed by atoms with Gasteiger partial charge in [0.05, 0.1) is 22.6 Å². The molecule has 1 aliphatic rings. The fourth-order valence-electron chi connectivity index (χ4n) is 4.07. The Morgan fingerprint density at radius 1 is 1.09 bits per heavy atom. The number of likely N-dealkylation sites (tertiary alicyclic amines) is 1. The van der Waals surface area contributed by atoms with Gasteiger partial charge in [0.2, 0.25) is 0 Å². The lowest BCUT2D eigenvalue weighted by atomic mass is 9.85. The van der Waals surface area contributed by atoms with Crippen LogP contribution in [-0.4, -0.2) is 45.9 Å². The van der Waals surface area contributed by atoms with Crippen molar-refractivity contribution in [1.82, 2.24) is 4.90 Å². The molecule has 2 aromatic carbocycles. The Bertz CT molecular complexity index is 1130. The third kappa shape index (κ3) is 5.77. The minimum atomic E-state index is -0.782. The fraction of sp³-hybridized carbons (Fsp3) is 0.407. The molecule has 0 aliphatic carbocycles. The second-order valence-corrected chi connectivity index (χ2v) is 9.94. The zero-order valence-corrected chi connectivity index (χ0v) is 20.8. The van der Waals surface area contributed by atoms with Crippen LogP contribution < -0.4 is 0 Å². The van der Waals surface area contributed by atoms with E-state index in [1.807, 2.05) is 38.1 Å². The molecule has 1 saturated heterocycles. The van der Waals surface area contributed by atoms with Gasteiger partial charge in [0, 0.05) is 30.8 Å². The number of nitro groups is 1. The largest absolute Gasteiger partial charge is 0.507 e. The van der Waals surface area contributed by atoms with E-state index in [1.165, 1.54) is 29.2 Å². The first kappa shape index (κ1) is 26.1. The first-order valence-corrected chi connectivity index (χ1v) is 11.7. The van der Waals surface area contributed by atoms with Crippen LogP contribution in [0.1, 0.15) is 63.8 Å². The van der Waals surface area contributed by atoms with Crippen molar-refractivity contribution in [2.24, 2.45) is 0 Å². The average molecular weight is 481 g/mol. The molecule has 0 aromatic heterocycles. The highest BCUT2D eigenvalue weighted by Crippen LogP contribution is 2.40. The summed E-state index contributed by atoms with van der Waals surface area (Å²) in [6, 6.07) is 12.1. The normalized spacial score (nSPS) is 17.9. The molecule has 1 unspecified atom stereocenters. The van der Waals surface area contributed by atoms with Crippen LogP contribution in [-0.2, 0) is 19.7 Å². The number of benzene rings is 2. The van der Waals surface area contributed by atoms with Crippen LogP contribution in [0, 0.1) is 10.1 Å². The summed E-state index contributed by atoms with van der Waals surface area (Å²) in [6.07, 6.45) is 0.576. The van der Waals surface area contributed by atoms with Crippen molar-refractivity contribution in [3.63, 3.8) is 0 Å². The van der Waals surface area contributed by atoms with E-state index in [-0.39, 0.29) is 40.6 Å². The lowest BCUT2D eigenvalue weighted by Gasteiger charge is -2.26. The van der Waals surface area contributed by atoms with E-state index in [0.717, 1.165) is 5.56 Å². The van der Waals surface area contributed by atoms with Crippen LogP contribution >= 0.6 is 0 Å². The quantitative estimate of drug-likeness (QED) is 0.140.